The summed E-state index contributed by atoms with van der Waals surface area (Å²) in [6.45, 7) is 4.29. The largest absolute Gasteiger partial charge is 0.487 e. The van der Waals surface area contributed by atoms with Crippen LogP contribution in [0.4, 0.5) is 13.2 Å². The van der Waals surface area contributed by atoms with Crippen molar-refractivity contribution in [3.63, 3.8) is 0 Å². The average molecular weight is 509 g/mol. The Hall–Kier alpha value is -1.72. The highest BCUT2D eigenvalue weighted by Gasteiger charge is 2.34. The van der Waals surface area contributed by atoms with Gasteiger partial charge in [0.1, 0.15) is 6.10 Å². The molecule has 0 amide bonds. The summed E-state index contributed by atoms with van der Waals surface area (Å²) in [5.41, 5.74) is 0.635. The van der Waals surface area contributed by atoms with Gasteiger partial charge in [0.15, 0.2) is 11.6 Å². The van der Waals surface area contributed by atoms with Crippen LogP contribution in [0, 0.1) is 17.7 Å². The van der Waals surface area contributed by atoms with Gasteiger partial charge in [-0.25, -0.2) is 13.2 Å². The van der Waals surface area contributed by atoms with Gasteiger partial charge in [-0.3, -0.25) is 4.79 Å². The number of hydrogen-bond donors (Lipinski definition) is 0. The third kappa shape index (κ3) is 6.58. The van der Waals surface area contributed by atoms with Crippen molar-refractivity contribution in [1.29, 1.82) is 0 Å². The van der Waals surface area contributed by atoms with Crippen molar-refractivity contribution in [2.75, 3.05) is 0 Å². The van der Waals surface area contributed by atoms with Crippen molar-refractivity contribution >= 4 is 5.97 Å². The van der Waals surface area contributed by atoms with E-state index >= 15 is 4.39 Å². The predicted molar refractivity (Wildman–Crippen MR) is 135 cm³/mol. The first-order valence-corrected chi connectivity index (χ1v) is 14.4. The molecule has 2 aliphatic carbocycles. The first kappa shape index (κ1) is 27.3. The van der Waals surface area contributed by atoms with Crippen LogP contribution >= 0.6 is 0 Å². The third-order valence-electron chi connectivity index (χ3n) is 8.93. The van der Waals surface area contributed by atoms with Crippen LogP contribution in [0.1, 0.15) is 133 Å². The molecule has 36 heavy (non-hydrogen) atoms. The van der Waals surface area contributed by atoms with Gasteiger partial charge in [0.25, 0.3) is 6.43 Å². The molecule has 0 N–H and O–H groups in total. The lowest BCUT2D eigenvalue weighted by atomic mass is 9.79. The molecule has 1 aromatic rings. The normalized spacial score (nSPS) is 28.4. The number of alkyl halides is 2. The number of hydrogen-bond acceptors (Lipinski definition) is 3. The highest BCUT2D eigenvalue weighted by Crippen LogP contribution is 2.45. The van der Waals surface area contributed by atoms with Crippen molar-refractivity contribution in [2.45, 2.75) is 135 Å². The Kier molecular flexibility index (Phi) is 9.63. The summed E-state index contributed by atoms with van der Waals surface area (Å²) in [5.74, 6) is 0.352. The minimum absolute atomic E-state index is 0.0320. The molecule has 0 saturated heterocycles. The molecule has 3 aliphatic rings. The van der Waals surface area contributed by atoms with E-state index in [2.05, 4.69) is 6.92 Å². The number of carbonyl (C=O) groups is 1. The molecule has 0 radical (unpaired) electrons. The number of halogens is 3. The zero-order chi connectivity index (χ0) is 25.7. The molecular formula is C30H43F3O3. The fourth-order valence-corrected chi connectivity index (χ4v) is 6.65. The van der Waals surface area contributed by atoms with E-state index in [1.54, 1.807) is 6.07 Å². The van der Waals surface area contributed by atoms with Crippen molar-refractivity contribution in [3.05, 3.63) is 28.6 Å². The fraction of sp³-hybridized carbons (Fsp3) is 0.767. The molecule has 4 rings (SSSR count). The maximum atomic E-state index is 15.3. The molecule has 0 spiro atoms. The summed E-state index contributed by atoms with van der Waals surface area (Å²) in [5, 5.41) is 0. The summed E-state index contributed by atoms with van der Waals surface area (Å²) in [4.78, 5) is 12.5. The molecule has 202 valence electrons. The maximum Gasteiger partial charge on any atom is 0.306 e. The second-order valence-corrected chi connectivity index (χ2v) is 11.3. The summed E-state index contributed by atoms with van der Waals surface area (Å²) < 4.78 is 54.9. The van der Waals surface area contributed by atoms with Crippen molar-refractivity contribution in [1.82, 2.24) is 0 Å². The Labute approximate surface area is 214 Å². The van der Waals surface area contributed by atoms with Gasteiger partial charge in [-0.05, 0) is 80.2 Å². The molecule has 1 atom stereocenters. The van der Waals surface area contributed by atoms with Crippen LogP contribution in [0.3, 0.4) is 0 Å². The Morgan fingerprint density at radius 1 is 1.00 bits per heavy atom. The molecule has 2 saturated carbocycles. The van der Waals surface area contributed by atoms with E-state index < -0.39 is 17.8 Å². The molecule has 0 bridgehead atoms. The molecule has 3 nitrogen and oxygen atoms in total. The molecule has 2 fully saturated rings. The number of carbonyl (C=O) groups excluding carboxylic acids is 1. The minimum Gasteiger partial charge on any atom is -0.487 e. The molecular weight excluding hydrogens is 465 g/mol. The zero-order valence-electron chi connectivity index (χ0n) is 22.0. The molecule has 0 aromatic heterocycles. The Balaban J connectivity index is 1.31. The van der Waals surface area contributed by atoms with Gasteiger partial charge in [0, 0.05) is 6.42 Å². The van der Waals surface area contributed by atoms with Crippen molar-refractivity contribution < 1.29 is 27.4 Å². The van der Waals surface area contributed by atoms with Crippen LogP contribution in [0.5, 0.6) is 5.75 Å². The molecule has 1 aromatic carbocycles. The number of fused-ring (bicyclic) bond motifs is 1. The van der Waals surface area contributed by atoms with Crippen molar-refractivity contribution in [2.24, 2.45) is 11.8 Å². The Bertz CT molecular complexity index is 871. The molecule has 6 heteroatoms. The molecule has 1 aliphatic heterocycles. The molecule has 1 heterocycles. The van der Waals surface area contributed by atoms with Gasteiger partial charge in [-0.2, -0.15) is 0 Å². The van der Waals surface area contributed by atoms with Crippen LogP contribution in [-0.4, -0.2) is 18.2 Å². The summed E-state index contributed by atoms with van der Waals surface area (Å²) >= 11 is 0. The lowest BCUT2D eigenvalue weighted by molar-refractivity contribution is -0.151. The van der Waals surface area contributed by atoms with Crippen LogP contribution < -0.4 is 4.74 Å². The second-order valence-electron chi connectivity index (χ2n) is 11.3. The van der Waals surface area contributed by atoms with Gasteiger partial charge in [0.2, 0.25) is 0 Å². The number of aryl methyl sites for hydroxylation is 1. The highest BCUT2D eigenvalue weighted by molar-refractivity contribution is 5.69. The summed E-state index contributed by atoms with van der Waals surface area (Å²) in [7, 11) is 0. The van der Waals surface area contributed by atoms with Crippen LogP contribution in [-0.2, 0) is 16.0 Å². The van der Waals surface area contributed by atoms with E-state index in [-0.39, 0.29) is 29.8 Å². The van der Waals surface area contributed by atoms with Gasteiger partial charge in [-0.1, -0.05) is 58.4 Å². The fourth-order valence-electron chi connectivity index (χ4n) is 6.65. The zero-order valence-corrected chi connectivity index (χ0v) is 22.0. The van der Waals surface area contributed by atoms with E-state index in [1.807, 2.05) is 6.92 Å². The first-order chi connectivity index (χ1) is 17.4. The van der Waals surface area contributed by atoms with Gasteiger partial charge in [-0.15, -0.1) is 0 Å². The van der Waals surface area contributed by atoms with Gasteiger partial charge in [0.05, 0.1) is 11.7 Å². The van der Waals surface area contributed by atoms with Crippen LogP contribution in [0.2, 0.25) is 0 Å². The topological polar surface area (TPSA) is 35.5 Å². The minimum atomic E-state index is -2.89. The lowest BCUT2D eigenvalue weighted by Gasteiger charge is -2.32. The van der Waals surface area contributed by atoms with E-state index in [0.717, 1.165) is 31.6 Å². The summed E-state index contributed by atoms with van der Waals surface area (Å²) in [6, 6.07) is 1.77. The maximum absolute atomic E-state index is 15.3. The first-order valence-electron chi connectivity index (χ1n) is 14.4. The number of benzene rings is 1. The lowest BCUT2D eigenvalue weighted by Crippen LogP contribution is -2.26. The van der Waals surface area contributed by atoms with Gasteiger partial charge < -0.3 is 9.47 Å². The summed E-state index contributed by atoms with van der Waals surface area (Å²) in [6.07, 6.45) is 10.1. The highest BCUT2D eigenvalue weighted by atomic mass is 19.3. The van der Waals surface area contributed by atoms with E-state index in [0.29, 0.717) is 55.6 Å². The Morgan fingerprint density at radius 3 is 2.33 bits per heavy atom. The second kappa shape index (κ2) is 12.7. The Morgan fingerprint density at radius 2 is 1.69 bits per heavy atom. The van der Waals surface area contributed by atoms with Crippen LogP contribution in [0.15, 0.2) is 6.07 Å². The number of rotatable bonds is 9. The average Bonchev–Trinajstić information content (AvgIpc) is 2.88. The molecule has 1 unspecified atom stereocenters. The standard InChI is InChI=1S/C30H43F3O3/c1-3-5-23-16-13-22-18-25(27(30(32)33)28(31)29(22)36-23)21-11-14-24(15-12-21)35-26(34)17-10-20-8-6-19(4-2)7-9-20/h18-21,23-24,30H,3-17H2,1-2H3. The van der Waals surface area contributed by atoms with Crippen LogP contribution in [0.25, 0.3) is 0 Å². The van der Waals surface area contributed by atoms with E-state index in [4.69, 9.17) is 9.47 Å². The SMILES string of the molecule is CCCC1CCc2cc(C3CCC(OC(=O)CCC4CCC(CC)CC4)CC3)c(C(F)F)c(F)c2O1. The quantitative estimate of drug-likeness (QED) is 0.313. The smallest absolute Gasteiger partial charge is 0.306 e. The monoisotopic (exact) mass is 508 g/mol. The van der Waals surface area contributed by atoms with Gasteiger partial charge >= 0.3 is 5.97 Å². The predicted octanol–water partition coefficient (Wildman–Crippen LogP) is 8.82. The third-order valence-corrected chi connectivity index (χ3v) is 8.93. The van der Waals surface area contributed by atoms with Crippen molar-refractivity contribution in [3.8, 4) is 5.75 Å². The van der Waals surface area contributed by atoms with E-state index in [1.165, 1.54) is 32.1 Å². The number of ether oxygens (including phenoxy) is 2. The number of esters is 1. The van der Waals surface area contributed by atoms with E-state index in [9.17, 15) is 13.6 Å².